The smallest absolute Gasteiger partial charge is 0.288 e. The van der Waals surface area contributed by atoms with Crippen LogP contribution in [0.2, 0.25) is 0 Å². The minimum absolute atomic E-state index is 0.360. The molecular formula is C20H23N3O3S2. The molecule has 6 nitrogen and oxygen atoms in total. The van der Waals surface area contributed by atoms with Gasteiger partial charge in [-0.15, -0.1) is 16.4 Å². The van der Waals surface area contributed by atoms with Gasteiger partial charge in [0.2, 0.25) is 0 Å². The Morgan fingerprint density at radius 3 is 2.89 bits per heavy atom. The van der Waals surface area contributed by atoms with Crippen LogP contribution in [0.4, 0.5) is 0 Å². The normalized spacial score (nSPS) is 16.8. The zero-order valence-electron chi connectivity index (χ0n) is 16.2. The first kappa shape index (κ1) is 19.2. The maximum atomic E-state index is 5.80. The molecule has 0 spiro atoms. The molecule has 0 fully saturated rings. The van der Waals surface area contributed by atoms with Crippen LogP contribution in [0.1, 0.15) is 29.8 Å². The molecule has 1 aliphatic rings. The lowest BCUT2D eigenvalue weighted by atomic mass is 9.98. The molecule has 2 aromatic heterocycles. The lowest BCUT2D eigenvalue weighted by Crippen LogP contribution is -2.36. The molecule has 28 heavy (non-hydrogen) atoms. The van der Waals surface area contributed by atoms with Gasteiger partial charge in [-0.25, -0.2) is 4.68 Å². The molecule has 0 saturated carbocycles. The Balaban J connectivity index is 1.62. The van der Waals surface area contributed by atoms with Crippen molar-refractivity contribution in [3.63, 3.8) is 0 Å². The monoisotopic (exact) mass is 417 g/mol. The van der Waals surface area contributed by atoms with Crippen LogP contribution in [0.5, 0.6) is 11.5 Å². The molecule has 4 rings (SSSR count). The third kappa shape index (κ3) is 3.47. The fourth-order valence-electron chi connectivity index (χ4n) is 3.75. The largest absolute Gasteiger partial charge is 0.497 e. The van der Waals surface area contributed by atoms with E-state index in [1.54, 1.807) is 18.9 Å². The molecule has 8 heteroatoms. The molecule has 0 aliphatic carbocycles. The van der Waals surface area contributed by atoms with E-state index < -0.39 is 0 Å². The first-order valence-corrected chi connectivity index (χ1v) is 10.5. The van der Waals surface area contributed by atoms with Crippen LogP contribution in [-0.2, 0) is 13.1 Å². The van der Waals surface area contributed by atoms with Crippen molar-refractivity contribution in [2.45, 2.75) is 32.5 Å². The highest BCUT2D eigenvalue weighted by atomic mass is 32.1. The Kier molecular flexibility index (Phi) is 5.52. The van der Waals surface area contributed by atoms with E-state index in [0.29, 0.717) is 34.9 Å². The number of ether oxygens (including phenoxy) is 2. The quantitative estimate of drug-likeness (QED) is 0.531. The number of benzene rings is 1. The van der Waals surface area contributed by atoms with E-state index in [0.717, 1.165) is 24.9 Å². The van der Waals surface area contributed by atoms with E-state index in [4.69, 9.17) is 26.1 Å². The molecule has 1 aliphatic heterocycles. The summed E-state index contributed by atoms with van der Waals surface area (Å²) in [7, 11) is 3.23. The molecule has 1 aromatic carbocycles. The van der Waals surface area contributed by atoms with Gasteiger partial charge in [-0.05, 0) is 54.2 Å². The lowest BCUT2D eigenvalue weighted by Gasteiger charge is -2.34. The van der Waals surface area contributed by atoms with Gasteiger partial charge in [0.15, 0.2) is 0 Å². The first-order valence-electron chi connectivity index (χ1n) is 9.25. The number of thiophene rings is 1. The molecule has 1 atom stereocenters. The summed E-state index contributed by atoms with van der Waals surface area (Å²) in [5.74, 6) is 1.80. The van der Waals surface area contributed by atoms with Gasteiger partial charge in [0.05, 0.1) is 26.5 Å². The second-order valence-electron chi connectivity index (χ2n) is 6.67. The van der Waals surface area contributed by atoms with E-state index in [1.807, 2.05) is 29.5 Å². The number of aromatic nitrogens is 2. The van der Waals surface area contributed by atoms with Crippen LogP contribution in [-0.4, -0.2) is 35.4 Å². The molecule has 0 radical (unpaired) electrons. The Hall–Kier alpha value is -2.16. The number of methoxy groups -OCH3 is 2. The van der Waals surface area contributed by atoms with Crippen molar-refractivity contribution >= 4 is 23.6 Å². The van der Waals surface area contributed by atoms with Crippen LogP contribution in [0.25, 0.3) is 11.5 Å². The van der Waals surface area contributed by atoms with Gasteiger partial charge in [0.1, 0.15) is 11.5 Å². The highest BCUT2D eigenvalue weighted by molar-refractivity contribution is 7.71. The Labute approximate surface area is 173 Å². The van der Waals surface area contributed by atoms with E-state index in [1.165, 1.54) is 10.4 Å². The van der Waals surface area contributed by atoms with Crippen molar-refractivity contribution in [2.24, 2.45) is 0 Å². The van der Waals surface area contributed by atoms with Gasteiger partial charge in [0.25, 0.3) is 10.7 Å². The summed E-state index contributed by atoms with van der Waals surface area (Å²) < 4.78 is 18.3. The van der Waals surface area contributed by atoms with Crippen molar-refractivity contribution < 1.29 is 13.9 Å². The Bertz CT molecular complexity index is 1020. The third-order valence-corrected chi connectivity index (χ3v) is 6.44. The summed E-state index contributed by atoms with van der Waals surface area (Å²) in [6.45, 7) is 3.82. The second kappa shape index (κ2) is 8.06. The van der Waals surface area contributed by atoms with E-state index in [-0.39, 0.29) is 0 Å². The maximum absolute atomic E-state index is 5.80. The topological polar surface area (TPSA) is 52.7 Å². The van der Waals surface area contributed by atoms with Crippen molar-refractivity contribution in [1.82, 2.24) is 14.7 Å². The van der Waals surface area contributed by atoms with E-state index in [2.05, 4.69) is 28.4 Å². The average Bonchev–Trinajstić information content (AvgIpc) is 3.34. The molecule has 0 bridgehead atoms. The number of hydrogen-bond acceptors (Lipinski definition) is 7. The van der Waals surface area contributed by atoms with Crippen molar-refractivity contribution in [2.75, 3.05) is 20.8 Å². The predicted molar refractivity (Wildman–Crippen MR) is 112 cm³/mol. The predicted octanol–water partition coefficient (Wildman–Crippen LogP) is 4.92. The van der Waals surface area contributed by atoms with Gasteiger partial charge in [-0.3, -0.25) is 4.90 Å². The van der Waals surface area contributed by atoms with Crippen LogP contribution < -0.4 is 9.47 Å². The van der Waals surface area contributed by atoms with Crippen LogP contribution in [0.3, 0.4) is 0 Å². The standard InChI is InChI=1S/C20H23N3O3S2/c1-4-16-14-8-10-28-18(14)7-9-22(16)12-23-20(27)26-19(21-23)15-6-5-13(24-2)11-17(15)25-3/h5-6,8,10-11,16H,4,7,9,12H2,1-3H3/t16-/m1/s1. The van der Waals surface area contributed by atoms with Gasteiger partial charge < -0.3 is 13.9 Å². The Morgan fingerprint density at radius 1 is 1.29 bits per heavy atom. The fourth-order valence-corrected chi connectivity index (χ4v) is 4.85. The molecule has 0 amide bonds. The summed E-state index contributed by atoms with van der Waals surface area (Å²) in [6.07, 6.45) is 2.11. The van der Waals surface area contributed by atoms with Gasteiger partial charge in [-0.1, -0.05) is 6.92 Å². The van der Waals surface area contributed by atoms with Crippen molar-refractivity contribution in [3.05, 3.63) is 44.9 Å². The summed E-state index contributed by atoms with van der Waals surface area (Å²) in [6, 6.07) is 8.16. The number of hydrogen-bond donors (Lipinski definition) is 0. The second-order valence-corrected chi connectivity index (χ2v) is 8.02. The molecule has 0 unspecified atom stereocenters. The zero-order valence-corrected chi connectivity index (χ0v) is 17.8. The van der Waals surface area contributed by atoms with Gasteiger partial charge >= 0.3 is 0 Å². The highest BCUT2D eigenvalue weighted by Gasteiger charge is 2.28. The molecule has 3 heterocycles. The highest BCUT2D eigenvalue weighted by Crippen LogP contribution is 2.36. The Morgan fingerprint density at radius 2 is 2.14 bits per heavy atom. The van der Waals surface area contributed by atoms with Crippen molar-refractivity contribution in [3.8, 4) is 23.0 Å². The summed E-state index contributed by atoms with van der Waals surface area (Å²) in [5.41, 5.74) is 2.18. The fraction of sp³-hybridized carbons (Fsp3) is 0.400. The first-order chi connectivity index (χ1) is 13.6. The maximum Gasteiger partial charge on any atom is 0.288 e. The van der Waals surface area contributed by atoms with Crippen LogP contribution in [0.15, 0.2) is 34.1 Å². The van der Waals surface area contributed by atoms with E-state index in [9.17, 15) is 0 Å². The zero-order chi connectivity index (χ0) is 19.7. The molecular weight excluding hydrogens is 394 g/mol. The SMILES string of the molecule is CC[C@@H]1c2ccsc2CCN1Cn1nc(-c2ccc(OC)cc2OC)oc1=S. The summed E-state index contributed by atoms with van der Waals surface area (Å²) in [5, 5.41) is 6.82. The lowest BCUT2D eigenvalue weighted by molar-refractivity contribution is 0.128. The van der Waals surface area contributed by atoms with E-state index >= 15 is 0 Å². The molecule has 148 valence electrons. The number of fused-ring (bicyclic) bond motifs is 1. The number of nitrogens with zero attached hydrogens (tertiary/aromatic N) is 3. The third-order valence-electron chi connectivity index (χ3n) is 5.15. The molecule has 0 saturated heterocycles. The van der Waals surface area contributed by atoms with Crippen LogP contribution in [0, 0.1) is 4.84 Å². The summed E-state index contributed by atoms with van der Waals surface area (Å²) >= 11 is 7.30. The minimum Gasteiger partial charge on any atom is -0.497 e. The minimum atomic E-state index is 0.360. The van der Waals surface area contributed by atoms with Gasteiger partial charge in [-0.2, -0.15) is 0 Å². The molecule has 3 aromatic rings. The van der Waals surface area contributed by atoms with Crippen molar-refractivity contribution in [1.29, 1.82) is 0 Å². The van der Waals surface area contributed by atoms with Crippen LogP contribution >= 0.6 is 23.6 Å². The number of rotatable bonds is 6. The van der Waals surface area contributed by atoms with Gasteiger partial charge in [0, 0.05) is 23.5 Å². The average molecular weight is 418 g/mol. The molecule has 0 N–H and O–H groups in total. The summed E-state index contributed by atoms with van der Waals surface area (Å²) in [4.78, 5) is 4.27.